The van der Waals surface area contributed by atoms with Crippen LogP contribution in [0.3, 0.4) is 0 Å². The molecule has 0 aliphatic carbocycles. The van der Waals surface area contributed by atoms with E-state index < -0.39 is 0 Å². The second-order valence-electron chi connectivity index (χ2n) is 3.39. The molecule has 0 unspecified atom stereocenters. The van der Waals surface area contributed by atoms with Gasteiger partial charge in [-0.05, 0) is 31.3 Å². The third-order valence-corrected chi connectivity index (χ3v) is 2.34. The van der Waals surface area contributed by atoms with Gasteiger partial charge in [0, 0.05) is 19.7 Å². The highest BCUT2D eigenvalue weighted by Crippen LogP contribution is 2.04. The van der Waals surface area contributed by atoms with Crippen LogP contribution in [0.15, 0.2) is 35.3 Å². The second-order valence-corrected chi connectivity index (χ2v) is 3.76. The monoisotopic (exact) mass is 236 g/mol. The fourth-order valence-corrected chi connectivity index (χ4v) is 1.17. The zero-order valence-corrected chi connectivity index (χ0v) is 10.6. The number of nitrogens with zero attached hydrogens (tertiary/aromatic N) is 2. The Morgan fingerprint density at radius 2 is 1.94 bits per heavy atom. The van der Waals surface area contributed by atoms with Crippen LogP contribution in [0.4, 0.5) is 0 Å². The van der Waals surface area contributed by atoms with E-state index in [0.717, 1.165) is 5.56 Å². The number of hydrogen-bond acceptors (Lipinski definition) is 2. The molecule has 0 saturated heterocycles. The molecule has 1 rings (SSSR count). The number of thiocarbonyl (C=S) groups is 1. The summed E-state index contributed by atoms with van der Waals surface area (Å²) in [5.41, 5.74) is 0.938. The molecule has 0 heterocycles. The summed E-state index contributed by atoms with van der Waals surface area (Å²) in [6.45, 7) is 2.50. The number of ether oxygens (including phenoxy) is 1. The van der Waals surface area contributed by atoms with Crippen LogP contribution >= 0.6 is 12.2 Å². The first-order valence-electron chi connectivity index (χ1n) is 5.13. The first kappa shape index (κ1) is 12.6. The standard InChI is InChI=1S/C12H16N2OS/c1-4-15-11(13-12(16)14(2)3)10-8-6-5-7-9-10/h5-9H,4H2,1-3H3/b13-11-. The molecule has 0 spiro atoms. The van der Waals surface area contributed by atoms with E-state index in [2.05, 4.69) is 4.99 Å². The Morgan fingerprint density at radius 1 is 1.31 bits per heavy atom. The van der Waals surface area contributed by atoms with Gasteiger partial charge < -0.3 is 9.64 Å². The summed E-state index contributed by atoms with van der Waals surface area (Å²) in [4.78, 5) is 6.06. The molecule has 0 aliphatic heterocycles. The molecule has 0 amide bonds. The lowest BCUT2D eigenvalue weighted by atomic mass is 10.2. The molecule has 1 aromatic rings. The number of aliphatic imine (C=N–C) groups is 1. The predicted octanol–water partition coefficient (Wildman–Crippen LogP) is 2.32. The smallest absolute Gasteiger partial charge is 0.223 e. The van der Waals surface area contributed by atoms with E-state index in [0.29, 0.717) is 17.6 Å². The quantitative estimate of drug-likeness (QED) is 0.447. The van der Waals surface area contributed by atoms with Crippen molar-refractivity contribution < 1.29 is 4.74 Å². The highest BCUT2D eigenvalue weighted by Gasteiger charge is 2.05. The minimum absolute atomic E-state index is 0.507. The van der Waals surface area contributed by atoms with Gasteiger partial charge in [-0.1, -0.05) is 18.2 Å². The minimum atomic E-state index is 0.507. The Kier molecular flexibility index (Phi) is 4.92. The summed E-state index contributed by atoms with van der Waals surface area (Å²) in [6, 6.07) is 9.75. The lowest BCUT2D eigenvalue weighted by Gasteiger charge is -2.12. The van der Waals surface area contributed by atoms with Gasteiger partial charge >= 0.3 is 0 Å². The number of benzene rings is 1. The molecule has 3 nitrogen and oxygen atoms in total. The molecule has 0 aliphatic rings. The normalized spacial score (nSPS) is 11.1. The van der Waals surface area contributed by atoms with Crippen LogP contribution in [-0.2, 0) is 4.74 Å². The van der Waals surface area contributed by atoms with Crippen molar-refractivity contribution in [2.75, 3.05) is 20.7 Å². The molecular weight excluding hydrogens is 220 g/mol. The maximum atomic E-state index is 5.48. The van der Waals surface area contributed by atoms with Crippen LogP contribution in [0.2, 0.25) is 0 Å². The zero-order valence-electron chi connectivity index (χ0n) is 9.80. The van der Waals surface area contributed by atoms with E-state index >= 15 is 0 Å². The Balaban J connectivity index is 2.96. The molecule has 16 heavy (non-hydrogen) atoms. The molecular formula is C12H16N2OS. The first-order chi connectivity index (χ1) is 7.65. The fourth-order valence-electron chi connectivity index (χ4n) is 1.08. The van der Waals surface area contributed by atoms with Crippen LogP contribution in [0.5, 0.6) is 0 Å². The lowest BCUT2D eigenvalue weighted by Crippen LogP contribution is -2.20. The fraction of sp³-hybridized carbons (Fsp3) is 0.333. The van der Waals surface area contributed by atoms with E-state index in [1.54, 1.807) is 4.90 Å². The van der Waals surface area contributed by atoms with E-state index in [4.69, 9.17) is 17.0 Å². The molecule has 0 radical (unpaired) electrons. The summed E-state index contributed by atoms with van der Waals surface area (Å²) in [5, 5.41) is 0.507. The molecule has 0 aromatic heterocycles. The summed E-state index contributed by atoms with van der Waals surface area (Å²) in [5.74, 6) is 0.571. The molecule has 0 bridgehead atoms. The van der Waals surface area contributed by atoms with Crippen molar-refractivity contribution in [3.05, 3.63) is 35.9 Å². The van der Waals surface area contributed by atoms with Gasteiger partial charge in [0.15, 0.2) is 5.11 Å². The van der Waals surface area contributed by atoms with Crippen molar-refractivity contribution in [1.29, 1.82) is 0 Å². The first-order valence-corrected chi connectivity index (χ1v) is 5.54. The predicted molar refractivity (Wildman–Crippen MR) is 70.9 cm³/mol. The number of rotatable bonds is 2. The summed E-state index contributed by atoms with van der Waals surface area (Å²) < 4.78 is 5.48. The van der Waals surface area contributed by atoms with Crippen LogP contribution < -0.4 is 0 Å². The van der Waals surface area contributed by atoms with E-state index in [9.17, 15) is 0 Å². The molecule has 0 atom stereocenters. The van der Waals surface area contributed by atoms with Gasteiger partial charge in [-0.2, -0.15) is 4.99 Å². The van der Waals surface area contributed by atoms with Crippen molar-refractivity contribution in [1.82, 2.24) is 4.90 Å². The van der Waals surface area contributed by atoms with E-state index in [1.165, 1.54) is 0 Å². The molecule has 86 valence electrons. The third-order valence-electron chi connectivity index (χ3n) is 1.88. The van der Waals surface area contributed by atoms with Crippen molar-refractivity contribution in [3.8, 4) is 0 Å². The topological polar surface area (TPSA) is 24.8 Å². The zero-order chi connectivity index (χ0) is 12.0. The van der Waals surface area contributed by atoms with Gasteiger partial charge in [-0.15, -0.1) is 0 Å². The van der Waals surface area contributed by atoms with Gasteiger partial charge in [0.1, 0.15) is 0 Å². The van der Waals surface area contributed by atoms with Crippen LogP contribution in [0, 0.1) is 0 Å². The van der Waals surface area contributed by atoms with Crippen LogP contribution in [-0.4, -0.2) is 36.6 Å². The van der Waals surface area contributed by atoms with Crippen molar-refractivity contribution >= 4 is 23.2 Å². The SMILES string of the molecule is CCO/C(=N\C(=S)N(C)C)c1ccccc1. The van der Waals surface area contributed by atoms with Crippen molar-refractivity contribution in [2.45, 2.75) is 6.92 Å². The largest absolute Gasteiger partial charge is 0.477 e. The third kappa shape index (κ3) is 3.62. The van der Waals surface area contributed by atoms with Crippen molar-refractivity contribution in [3.63, 3.8) is 0 Å². The average Bonchev–Trinajstić information content (AvgIpc) is 2.29. The molecule has 0 fully saturated rings. The highest BCUT2D eigenvalue weighted by molar-refractivity contribution is 7.80. The molecule has 4 heteroatoms. The van der Waals surface area contributed by atoms with Gasteiger partial charge in [0.2, 0.25) is 5.90 Å². The lowest BCUT2D eigenvalue weighted by molar-refractivity contribution is 0.329. The van der Waals surface area contributed by atoms with Gasteiger partial charge in [-0.25, -0.2) is 0 Å². The minimum Gasteiger partial charge on any atom is -0.477 e. The Hall–Kier alpha value is -1.42. The van der Waals surface area contributed by atoms with Crippen LogP contribution in [0.25, 0.3) is 0 Å². The summed E-state index contributed by atoms with van der Waals surface area (Å²) >= 11 is 5.13. The van der Waals surface area contributed by atoms with E-state index in [-0.39, 0.29) is 0 Å². The van der Waals surface area contributed by atoms with E-state index in [1.807, 2.05) is 51.4 Å². The maximum Gasteiger partial charge on any atom is 0.223 e. The average molecular weight is 236 g/mol. The second kappa shape index (κ2) is 6.23. The molecule has 1 aromatic carbocycles. The molecule has 0 saturated carbocycles. The summed E-state index contributed by atoms with van der Waals surface area (Å²) in [7, 11) is 3.72. The Morgan fingerprint density at radius 3 is 2.44 bits per heavy atom. The maximum absolute atomic E-state index is 5.48. The Bertz CT molecular complexity index is 374. The van der Waals surface area contributed by atoms with Gasteiger partial charge in [0.25, 0.3) is 0 Å². The Labute approximate surface area is 102 Å². The van der Waals surface area contributed by atoms with Gasteiger partial charge in [0.05, 0.1) is 6.61 Å². The molecule has 0 N–H and O–H groups in total. The summed E-state index contributed by atoms with van der Waals surface area (Å²) in [6.07, 6.45) is 0. The van der Waals surface area contributed by atoms with Crippen molar-refractivity contribution in [2.24, 2.45) is 4.99 Å². The van der Waals surface area contributed by atoms with Gasteiger partial charge in [-0.3, -0.25) is 0 Å². The highest BCUT2D eigenvalue weighted by atomic mass is 32.1. The van der Waals surface area contributed by atoms with Crippen LogP contribution in [0.1, 0.15) is 12.5 Å². The number of hydrogen-bond donors (Lipinski definition) is 0.